The van der Waals surface area contributed by atoms with Gasteiger partial charge >= 0.3 is 0 Å². The molecular weight excluding hydrogens is 392 g/mol. The Morgan fingerprint density at radius 3 is 1.48 bits per heavy atom. The molecule has 0 saturated carbocycles. The molecule has 1 heterocycles. The minimum Gasteiger partial charge on any atom is -0.494 e. The number of ether oxygens (including phenoxy) is 2. The monoisotopic (exact) mass is 412 g/mol. The molecule has 0 aliphatic carbocycles. The van der Waals surface area contributed by atoms with Crippen molar-refractivity contribution in [1.29, 1.82) is 0 Å². The summed E-state index contributed by atoms with van der Waals surface area (Å²) in [6.07, 6.45) is 0. The maximum Gasteiger partial charge on any atom is 0.277 e. The number of anilines is 2. The molecule has 3 rings (SSSR count). The molecule has 150 valence electrons. The van der Waals surface area contributed by atoms with Gasteiger partial charge in [0, 0.05) is 11.4 Å². The van der Waals surface area contributed by atoms with Gasteiger partial charge in [-0.25, -0.2) is 0 Å². The first-order valence-corrected chi connectivity index (χ1v) is 9.74. The van der Waals surface area contributed by atoms with Crippen molar-refractivity contribution >= 4 is 34.9 Å². The Bertz CT molecular complexity index is 893. The number of amides is 2. The Hall–Kier alpha value is -3.46. The SMILES string of the molecule is CCOc1ccc(NC(=O)c2nsnc2C(=O)Nc2ccc(OCC)cc2)cc1. The van der Waals surface area contributed by atoms with E-state index in [0.29, 0.717) is 36.1 Å². The van der Waals surface area contributed by atoms with Crippen molar-refractivity contribution in [2.45, 2.75) is 13.8 Å². The number of hydrogen-bond donors (Lipinski definition) is 2. The highest BCUT2D eigenvalue weighted by molar-refractivity contribution is 6.99. The molecule has 2 aromatic carbocycles. The largest absolute Gasteiger partial charge is 0.494 e. The molecule has 3 aromatic rings. The maximum absolute atomic E-state index is 12.5. The minimum atomic E-state index is -0.514. The lowest BCUT2D eigenvalue weighted by atomic mass is 10.2. The van der Waals surface area contributed by atoms with Crippen LogP contribution in [-0.4, -0.2) is 33.8 Å². The van der Waals surface area contributed by atoms with Gasteiger partial charge < -0.3 is 20.1 Å². The van der Waals surface area contributed by atoms with E-state index in [-0.39, 0.29) is 11.4 Å². The second kappa shape index (κ2) is 9.65. The van der Waals surface area contributed by atoms with Gasteiger partial charge in [0.15, 0.2) is 11.4 Å². The van der Waals surface area contributed by atoms with Crippen LogP contribution in [0.2, 0.25) is 0 Å². The number of carbonyl (C=O) groups excluding carboxylic acids is 2. The molecule has 1 aromatic heterocycles. The van der Waals surface area contributed by atoms with Crippen LogP contribution >= 0.6 is 11.7 Å². The number of nitrogens with one attached hydrogen (secondary N) is 2. The van der Waals surface area contributed by atoms with Crippen molar-refractivity contribution in [2.24, 2.45) is 0 Å². The Kier molecular flexibility index (Phi) is 6.75. The molecule has 2 N–H and O–H groups in total. The fourth-order valence-electron chi connectivity index (χ4n) is 2.47. The van der Waals surface area contributed by atoms with Gasteiger partial charge in [-0.1, -0.05) is 0 Å². The van der Waals surface area contributed by atoms with Crippen molar-refractivity contribution in [3.8, 4) is 11.5 Å². The van der Waals surface area contributed by atoms with Crippen LogP contribution in [0.3, 0.4) is 0 Å². The van der Waals surface area contributed by atoms with E-state index in [1.165, 1.54) is 0 Å². The summed E-state index contributed by atoms with van der Waals surface area (Å²) >= 11 is 0.800. The van der Waals surface area contributed by atoms with Crippen LogP contribution in [0.25, 0.3) is 0 Å². The van der Waals surface area contributed by atoms with Crippen LogP contribution in [0.5, 0.6) is 11.5 Å². The van der Waals surface area contributed by atoms with E-state index in [1.54, 1.807) is 48.5 Å². The predicted molar refractivity (Wildman–Crippen MR) is 111 cm³/mol. The summed E-state index contributed by atoms with van der Waals surface area (Å²) < 4.78 is 18.7. The lowest BCUT2D eigenvalue weighted by Crippen LogP contribution is -2.20. The molecule has 29 heavy (non-hydrogen) atoms. The quantitative estimate of drug-likeness (QED) is 0.583. The third-order valence-corrected chi connectivity index (χ3v) is 4.29. The van der Waals surface area contributed by atoms with Crippen molar-refractivity contribution < 1.29 is 19.1 Å². The van der Waals surface area contributed by atoms with Crippen LogP contribution < -0.4 is 20.1 Å². The summed E-state index contributed by atoms with van der Waals surface area (Å²) in [4.78, 5) is 25.1. The number of hydrogen-bond acceptors (Lipinski definition) is 7. The first-order chi connectivity index (χ1) is 14.1. The Morgan fingerprint density at radius 1 is 0.759 bits per heavy atom. The maximum atomic E-state index is 12.5. The topological polar surface area (TPSA) is 102 Å². The van der Waals surface area contributed by atoms with Crippen LogP contribution in [-0.2, 0) is 0 Å². The van der Waals surface area contributed by atoms with E-state index in [1.807, 2.05) is 13.8 Å². The summed E-state index contributed by atoms with van der Waals surface area (Å²) in [5, 5.41) is 5.41. The van der Waals surface area contributed by atoms with Crippen molar-refractivity contribution in [2.75, 3.05) is 23.8 Å². The first kappa shape index (κ1) is 20.3. The zero-order valence-corrected chi connectivity index (χ0v) is 16.8. The van der Waals surface area contributed by atoms with E-state index in [4.69, 9.17) is 9.47 Å². The van der Waals surface area contributed by atoms with Crippen molar-refractivity contribution in [1.82, 2.24) is 8.75 Å². The minimum absolute atomic E-state index is 0.0349. The van der Waals surface area contributed by atoms with Gasteiger partial charge in [0.25, 0.3) is 11.8 Å². The summed E-state index contributed by atoms with van der Waals surface area (Å²) in [7, 11) is 0. The molecule has 0 spiro atoms. The van der Waals surface area contributed by atoms with Crippen LogP contribution in [0.4, 0.5) is 11.4 Å². The first-order valence-electron chi connectivity index (χ1n) is 9.01. The third kappa shape index (κ3) is 5.29. The third-order valence-electron chi connectivity index (χ3n) is 3.77. The second-order valence-electron chi connectivity index (χ2n) is 5.78. The lowest BCUT2D eigenvalue weighted by molar-refractivity contribution is 0.0985. The molecule has 0 atom stereocenters. The highest BCUT2D eigenvalue weighted by atomic mass is 32.1. The zero-order valence-electron chi connectivity index (χ0n) is 16.0. The number of benzene rings is 2. The van der Waals surface area contributed by atoms with Crippen LogP contribution in [0, 0.1) is 0 Å². The van der Waals surface area contributed by atoms with Gasteiger partial charge in [0.2, 0.25) is 0 Å². The predicted octanol–water partition coefficient (Wildman–Crippen LogP) is 3.84. The van der Waals surface area contributed by atoms with Gasteiger partial charge in [-0.05, 0) is 62.4 Å². The van der Waals surface area contributed by atoms with Crippen molar-refractivity contribution in [3.63, 3.8) is 0 Å². The molecule has 0 aliphatic rings. The van der Waals surface area contributed by atoms with E-state index >= 15 is 0 Å². The fraction of sp³-hybridized carbons (Fsp3) is 0.200. The molecule has 0 fully saturated rings. The van der Waals surface area contributed by atoms with Crippen LogP contribution in [0.1, 0.15) is 34.8 Å². The van der Waals surface area contributed by atoms with E-state index in [9.17, 15) is 9.59 Å². The Balaban J connectivity index is 1.67. The number of carbonyl (C=O) groups is 2. The van der Waals surface area contributed by atoms with Crippen molar-refractivity contribution in [3.05, 3.63) is 59.9 Å². The molecule has 0 radical (unpaired) electrons. The number of rotatable bonds is 8. The number of nitrogens with zero attached hydrogens (tertiary/aromatic N) is 2. The average molecular weight is 412 g/mol. The van der Waals surface area contributed by atoms with E-state index < -0.39 is 11.8 Å². The number of aromatic nitrogens is 2. The van der Waals surface area contributed by atoms with Crippen LogP contribution in [0.15, 0.2) is 48.5 Å². The average Bonchev–Trinajstić information content (AvgIpc) is 3.22. The normalized spacial score (nSPS) is 10.3. The standard InChI is InChI=1S/C20H20N4O4S/c1-3-27-15-9-5-13(6-10-15)21-19(25)17-18(24-29-23-17)20(26)22-14-7-11-16(12-8-14)28-4-2/h5-12H,3-4H2,1-2H3,(H,21,25)(H,22,26). The summed E-state index contributed by atoms with van der Waals surface area (Å²) in [5.74, 6) is 0.381. The molecular formula is C20H20N4O4S. The highest BCUT2D eigenvalue weighted by Gasteiger charge is 2.22. The Morgan fingerprint density at radius 2 is 1.14 bits per heavy atom. The second-order valence-corrected chi connectivity index (χ2v) is 6.31. The lowest BCUT2D eigenvalue weighted by Gasteiger charge is -2.08. The molecule has 8 nitrogen and oxygen atoms in total. The van der Waals surface area contributed by atoms with Gasteiger partial charge in [-0.3, -0.25) is 9.59 Å². The van der Waals surface area contributed by atoms with Gasteiger partial charge in [0.1, 0.15) is 11.5 Å². The highest BCUT2D eigenvalue weighted by Crippen LogP contribution is 2.19. The summed E-state index contributed by atoms with van der Waals surface area (Å²) in [6, 6.07) is 13.8. The Labute approximate surface area is 172 Å². The molecule has 0 bridgehead atoms. The van der Waals surface area contributed by atoms with Gasteiger partial charge in [-0.15, -0.1) is 0 Å². The molecule has 0 aliphatic heterocycles. The van der Waals surface area contributed by atoms with Gasteiger partial charge in [0.05, 0.1) is 24.9 Å². The smallest absolute Gasteiger partial charge is 0.277 e. The summed E-state index contributed by atoms with van der Waals surface area (Å²) in [6.45, 7) is 4.90. The molecule has 0 unspecified atom stereocenters. The molecule has 2 amide bonds. The summed E-state index contributed by atoms with van der Waals surface area (Å²) in [5.41, 5.74) is 1.05. The molecule has 9 heteroatoms. The van der Waals surface area contributed by atoms with Gasteiger partial charge in [-0.2, -0.15) is 8.75 Å². The molecule has 0 saturated heterocycles. The van der Waals surface area contributed by atoms with E-state index in [0.717, 1.165) is 11.7 Å². The fourth-order valence-corrected chi connectivity index (χ4v) is 3.01. The van der Waals surface area contributed by atoms with E-state index in [2.05, 4.69) is 19.4 Å². The zero-order chi connectivity index (χ0) is 20.6.